The van der Waals surface area contributed by atoms with Crippen molar-refractivity contribution in [2.75, 3.05) is 6.26 Å². The number of rotatable bonds is 4. The van der Waals surface area contributed by atoms with E-state index in [0.29, 0.717) is 11.6 Å². The van der Waals surface area contributed by atoms with Crippen LogP contribution in [-0.2, 0) is 0 Å². The molecule has 0 aliphatic rings. The standard InChI is InChI=1S/C13H12N2O3S/c1-8-4-3-5-9(13(16)17)12(8)18-10-6-11(19-2)15-7-14-10/h3-7H,1-2H3,(H,16,17). The molecule has 0 radical (unpaired) electrons. The zero-order valence-corrected chi connectivity index (χ0v) is 11.3. The summed E-state index contributed by atoms with van der Waals surface area (Å²) in [6.07, 6.45) is 3.28. The minimum Gasteiger partial charge on any atom is -0.478 e. The SMILES string of the molecule is CSc1cc(Oc2c(C)cccc2C(=O)O)ncn1. The topological polar surface area (TPSA) is 72.3 Å². The minimum absolute atomic E-state index is 0.115. The molecule has 0 bridgehead atoms. The van der Waals surface area contributed by atoms with E-state index in [2.05, 4.69) is 9.97 Å². The number of nitrogens with zero attached hydrogens (tertiary/aromatic N) is 2. The van der Waals surface area contributed by atoms with E-state index in [1.807, 2.05) is 6.26 Å². The van der Waals surface area contributed by atoms with Crippen LogP contribution in [0.5, 0.6) is 11.6 Å². The molecular formula is C13H12N2O3S. The maximum absolute atomic E-state index is 11.2. The van der Waals surface area contributed by atoms with Crippen LogP contribution in [0.1, 0.15) is 15.9 Å². The monoisotopic (exact) mass is 276 g/mol. The van der Waals surface area contributed by atoms with E-state index in [4.69, 9.17) is 9.84 Å². The number of benzene rings is 1. The predicted molar refractivity (Wildman–Crippen MR) is 72.0 cm³/mol. The van der Waals surface area contributed by atoms with Crippen LogP contribution in [-0.4, -0.2) is 27.3 Å². The van der Waals surface area contributed by atoms with E-state index >= 15 is 0 Å². The van der Waals surface area contributed by atoms with Crippen molar-refractivity contribution < 1.29 is 14.6 Å². The Kier molecular flexibility index (Phi) is 4.01. The molecule has 2 aromatic rings. The van der Waals surface area contributed by atoms with Crippen molar-refractivity contribution >= 4 is 17.7 Å². The lowest BCUT2D eigenvalue weighted by Crippen LogP contribution is -2.02. The number of aromatic nitrogens is 2. The molecule has 0 fully saturated rings. The van der Waals surface area contributed by atoms with Crippen molar-refractivity contribution in [3.63, 3.8) is 0 Å². The third-order valence-electron chi connectivity index (χ3n) is 2.47. The van der Waals surface area contributed by atoms with E-state index in [-0.39, 0.29) is 5.56 Å². The smallest absolute Gasteiger partial charge is 0.339 e. The molecule has 6 heteroatoms. The Bertz CT molecular complexity index is 617. The highest BCUT2D eigenvalue weighted by molar-refractivity contribution is 7.98. The fourth-order valence-corrected chi connectivity index (χ4v) is 1.92. The van der Waals surface area contributed by atoms with Crippen LogP contribution in [0.15, 0.2) is 35.6 Å². The van der Waals surface area contributed by atoms with Crippen molar-refractivity contribution in [3.05, 3.63) is 41.7 Å². The van der Waals surface area contributed by atoms with Gasteiger partial charge in [0.1, 0.15) is 22.7 Å². The maximum Gasteiger partial charge on any atom is 0.339 e. The molecule has 0 unspecified atom stereocenters. The highest BCUT2D eigenvalue weighted by Crippen LogP contribution is 2.28. The molecule has 1 aromatic heterocycles. The maximum atomic E-state index is 11.2. The van der Waals surface area contributed by atoms with Crippen LogP contribution in [0.25, 0.3) is 0 Å². The molecule has 19 heavy (non-hydrogen) atoms. The highest BCUT2D eigenvalue weighted by Gasteiger charge is 2.14. The number of hydrogen-bond acceptors (Lipinski definition) is 5. The Morgan fingerprint density at radius 2 is 2.16 bits per heavy atom. The molecule has 1 heterocycles. The first kappa shape index (κ1) is 13.4. The van der Waals surface area contributed by atoms with Crippen molar-refractivity contribution in [1.29, 1.82) is 0 Å². The lowest BCUT2D eigenvalue weighted by molar-refractivity contribution is 0.0694. The summed E-state index contributed by atoms with van der Waals surface area (Å²) in [6.45, 7) is 1.79. The fraction of sp³-hybridized carbons (Fsp3) is 0.154. The average molecular weight is 276 g/mol. The first-order valence-electron chi connectivity index (χ1n) is 5.48. The molecule has 1 N–H and O–H groups in total. The average Bonchev–Trinajstić information content (AvgIpc) is 2.41. The molecule has 98 valence electrons. The number of carbonyl (C=O) groups is 1. The number of aryl methyl sites for hydroxylation is 1. The van der Waals surface area contributed by atoms with Crippen molar-refractivity contribution in [1.82, 2.24) is 9.97 Å². The first-order chi connectivity index (χ1) is 9.11. The Labute approximate surface area is 114 Å². The molecule has 2 rings (SSSR count). The summed E-state index contributed by atoms with van der Waals surface area (Å²) in [6, 6.07) is 6.64. The number of hydrogen-bond donors (Lipinski definition) is 1. The Morgan fingerprint density at radius 1 is 1.37 bits per heavy atom. The van der Waals surface area contributed by atoms with Crippen LogP contribution >= 0.6 is 11.8 Å². The van der Waals surface area contributed by atoms with Gasteiger partial charge in [0.25, 0.3) is 0 Å². The Hall–Kier alpha value is -2.08. The second kappa shape index (κ2) is 5.71. The van der Waals surface area contributed by atoms with E-state index in [1.165, 1.54) is 24.2 Å². The molecule has 5 nitrogen and oxygen atoms in total. The number of carboxylic acid groups (broad SMARTS) is 1. The number of aromatic carboxylic acids is 1. The second-order valence-electron chi connectivity index (χ2n) is 3.76. The van der Waals surface area contributed by atoms with E-state index in [9.17, 15) is 4.79 Å². The number of thioether (sulfide) groups is 1. The van der Waals surface area contributed by atoms with Crippen LogP contribution in [0.2, 0.25) is 0 Å². The summed E-state index contributed by atoms with van der Waals surface area (Å²) in [5, 5.41) is 9.91. The summed E-state index contributed by atoms with van der Waals surface area (Å²) in [5.74, 6) is -0.394. The van der Waals surface area contributed by atoms with Gasteiger partial charge in [-0.1, -0.05) is 12.1 Å². The van der Waals surface area contributed by atoms with Gasteiger partial charge in [-0.25, -0.2) is 14.8 Å². The van der Waals surface area contributed by atoms with Gasteiger partial charge in [-0.15, -0.1) is 11.8 Å². The lowest BCUT2D eigenvalue weighted by Gasteiger charge is -2.10. The Balaban J connectivity index is 2.40. The zero-order valence-electron chi connectivity index (χ0n) is 10.5. The van der Waals surface area contributed by atoms with E-state index in [0.717, 1.165) is 10.6 Å². The van der Waals surface area contributed by atoms with E-state index < -0.39 is 5.97 Å². The van der Waals surface area contributed by atoms with Gasteiger partial charge >= 0.3 is 5.97 Å². The van der Waals surface area contributed by atoms with Gasteiger partial charge in [-0.2, -0.15) is 0 Å². The molecule has 0 aliphatic heterocycles. The quantitative estimate of drug-likeness (QED) is 0.683. The van der Waals surface area contributed by atoms with Crippen molar-refractivity contribution in [2.45, 2.75) is 11.9 Å². The van der Waals surface area contributed by atoms with Crippen molar-refractivity contribution in [3.8, 4) is 11.6 Å². The number of para-hydroxylation sites is 1. The number of carboxylic acids is 1. The molecule has 0 atom stereocenters. The van der Waals surface area contributed by atoms with Gasteiger partial charge in [-0.3, -0.25) is 0 Å². The van der Waals surface area contributed by atoms with Crippen LogP contribution < -0.4 is 4.74 Å². The largest absolute Gasteiger partial charge is 0.478 e. The van der Waals surface area contributed by atoms with Crippen molar-refractivity contribution in [2.24, 2.45) is 0 Å². The minimum atomic E-state index is -1.03. The molecule has 0 saturated heterocycles. The third kappa shape index (κ3) is 3.03. The highest BCUT2D eigenvalue weighted by atomic mass is 32.2. The summed E-state index contributed by atoms with van der Waals surface area (Å²) < 4.78 is 5.60. The molecule has 0 spiro atoms. The molecule has 0 aliphatic carbocycles. The van der Waals surface area contributed by atoms with Crippen LogP contribution in [0.3, 0.4) is 0 Å². The van der Waals surface area contributed by atoms with Gasteiger partial charge in [-0.05, 0) is 24.8 Å². The molecule has 0 amide bonds. The van der Waals surface area contributed by atoms with Gasteiger partial charge < -0.3 is 9.84 Å². The number of ether oxygens (including phenoxy) is 1. The van der Waals surface area contributed by atoms with Gasteiger partial charge in [0.2, 0.25) is 5.88 Å². The summed E-state index contributed by atoms with van der Waals surface area (Å²) in [7, 11) is 0. The summed E-state index contributed by atoms with van der Waals surface area (Å²) >= 11 is 1.46. The van der Waals surface area contributed by atoms with Gasteiger partial charge in [0.15, 0.2) is 0 Å². The van der Waals surface area contributed by atoms with Gasteiger partial charge in [0, 0.05) is 6.07 Å². The zero-order chi connectivity index (χ0) is 13.8. The second-order valence-corrected chi connectivity index (χ2v) is 4.58. The third-order valence-corrected chi connectivity index (χ3v) is 3.12. The normalized spacial score (nSPS) is 10.2. The fourth-order valence-electron chi connectivity index (χ4n) is 1.55. The predicted octanol–water partition coefficient (Wildman–Crippen LogP) is 3.00. The molecule has 0 saturated carbocycles. The van der Waals surface area contributed by atoms with Crippen LogP contribution in [0.4, 0.5) is 0 Å². The molecular weight excluding hydrogens is 264 g/mol. The molecule has 1 aromatic carbocycles. The van der Waals surface area contributed by atoms with Gasteiger partial charge in [0.05, 0.1) is 0 Å². The first-order valence-corrected chi connectivity index (χ1v) is 6.71. The van der Waals surface area contributed by atoms with Crippen LogP contribution in [0, 0.1) is 6.92 Å². The summed E-state index contributed by atoms with van der Waals surface area (Å²) in [5.41, 5.74) is 0.855. The summed E-state index contributed by atoms with van der Waals surface area (Å²) in [4.78, 5) is 19.2. The Morgan fingerprint density at radius 3 is 2.84 bits per heavy atom. The van der Waals surface area contributed by atoms with E-state index in [1.54, 1.807) is 25.1 Å². The lowest BCUT2D eigenvalue weighted by atomic mass is 10.1.